The highest BCUT2D eigenvalue weighted by molar-refractivity contribution is 9.10. The van der Waals surface area contributed by atoms with Gasteiger partial charge < -0.3 is 5.11 Å². The van der Waals surface area contributed by atoms with Crippen molar-refractivity contribution in [1.82, 2.24) is 9.97 Å². The van der Waals surface area contributed by atoms with Gasteiger partial charge in [-0.2, -0.15) is 0 Å². The molecule has 1 N–H and O–H groups in total. The molecule has 1 heterocycles. The van der Waals surface area contributed by atoms with Gasteiger partial charge >= 0.3 is 0 Å². The molecule has 3 nitrogen and oxygen atoms in total. The molecule has 1 aromatic heterocycles. The number of rotatable bonds is 1. The molecule has 1 aromatic rings. The summed E-state index contributed by atoms with van der Waals surface area (Å²) < 4.78 is 0.709. The molecule has 0 saturated heterocycles. The Bertz CT molecular complexity index is 306. The van der Waals surface area contributed by atoms with Crippen LogP contribution >= 0.6 is 15.9 Å². The van der Waals surface area contributed by atoms with Crippen LogP contribution in [0.3, 0.4) is 0 Å². The molecule has 0 aliphatic heterocycles. The van der Waals surface area contributed by atoms with E-state index in [1.807, 2.05) is 0 Å². The molecule has 0 spiro atoms. The van der Waals surface area contributed by atoms with Crippen molar-refractivity contribution < 1.29 is 5.11 Å². The number of aromatic nitrogens is 2. The molecule has 0 aromatic carbocycles. The molecule has 0 atom stereocenters. The highest BCUT2D eigenvalue weighted by Gasteiger charge is 2.32. The lowest BCUT2D eigenvalue weighted by atomic mass is 9.83. The molecule has 1 saturated carbocycles. The standard InChI is InChI=1S/C10H13BrN2O/c11-9-7-12-8(6-13-9)10(14)4-2-1-3-5-10/h6-7,14H,1-5H2. The van der Waals surface area contributed by atoms with Crippen LogP contribution in [-0.4, -0.2) is 15.1 Å². The highest BCUT2D eigenvalue weighted by Crippen LogP contribution is 2.35. The maximum Gasteiger partial charge on any atom is 0.124 e. The lowest BCUT2D eigenvalue weighted by Crippen LogP contribution is -2.29. The molecular formula is C10H13BrN2O. The van der Waals surface area contributed by atoms with Crippen LogP contribution in [0.25, 0.3) is 0 Å². The second kappa shape index (κ2) is 3.95. The van der Waals surface area contributed by atoms with Crippen LogP contribution in [0.5, 0.6) is 0 Å². The average Bonchev–Trinajstić information content (AvgIpc) is 2.19. The van der Waals surface area contributed by atoms with E-state index in [1.54, 1.807) is 12.4 Å². The molecule has 1 aliphatic rings. The quantitative estimate of drug-likeness (QED) is 0.840. The van der Waals surface area contributed by atoms with Crippen molar-refractivity contribution in [2.24, 2.45) is 0 Å². The van der Waals surface area contributed by atoms with Gasteiger partial charge in [0.2, 0.25) is 0 Å². The minimum Gasteiger partial charge on any atom is -0.383 e. The van der Waals surface area contributed by atoms with Gasteiger partial charge in [0.25, 0.3) is 0 Å². The lowest BCUT2D eigenvalue weighted by molar-refractivity contribution is -0.00500. The van der Waals surface area contributed by atoms with E-state index in [-0.39, 0.29) is 0 Å². The van der Waals surface area contributed by atoms with Crippen molar-refractivity contribution in [3.63, 3.8) is 0 Å². The van der Waals surface area contributed by atoms with E-state index in [4.69, 9.17) is 0 Å². The first kappa shape index (κ1) is 10.1. The number of hydrogen-bond donors (Lipinski definition) is 1. The van der Waals surface area contributed by atoms with Gasteiger partial charge in [-0.3, -0.25) is 4.98 Å². The van der Waals surface area contributed by atoms with E-state index < -0.39 is 5.60 Å². The molecule has 0 amide bonds. The molecule has 1 aliphatic carbocycles. The fourth-order valence-corrected chi connectivity index (χ4v) is 2.15. The minimum absolute atomic E-state index is 0.709. The highest BCUT2D eigenvalue weighted by atomic mass is 79.9. The molecule has 4 heteroatoms. The van der Waals surface area contributed by atoms with Crippen molar-refractivity contribution in [2.45, 2.75) is 37.7 Å². The Morgan fingerprint density at radius 2 is 1.86 bits per heavy atom. The molecular weight excluding hydrogens is 244 g/mol. The Morgan fingerprint density at radius 1 is 1.14 bits per heavy atom. The van der Waals surface area contributed by atoms with Gasteiger partial charge in [-0.1, -0.05) is 19.3 Å². The van der Waals surface area contributed by atoms with Crippen LogP contribution in [-0.2, 0) is 5.60 Å². The minimum atomic E-state index is -0.730. The van der Waals surface area contributed by atoms with Crippen LogP contribution < -0.4 is 0 Å². The summed E-state index contributed by atoms with van der Waals surface area (Å²) >= 11 is 3.23. The SMILES string of the molecule is OC1(c2cnc(Br)cn2)CCCCC1. The lowest BCUT2D eigenvalue weighted by Gasteiger charge is -2.30. The molecule has 2 rings (SSSR count). The van der Waals surface area contributed by atoms with Crippen molar-refractivity contribution in [3.8, 4) is 0 Å². The number of aliphatic hydroxyl groups is 1. The zero-order chi connectivity index (χ0) is 10.0. The fourth-order valence-electron chi connectivity index (χ4n) is 1.95. The van der Waals surface area contributed by atoms with Gasteiger partial charge in [-0.15, -0.1) is 0 Å². The summed E-state index contributed by atoms with van der Waals surface area (Å²) in [6.07, 6.45) is 8.29. The third kappa shape index (κ3) is 1.96. The Balaban J connectivity index is 2.23. The van der Waals surface area contributed by atoms with Crippen LogP contribution in [0, 0.1) is 0 Å². The van der Waals surface area contributed by atoms with E-state index in [1.165, 1.54) is 6.42 Å². The predicted molar refractivity (Wildman–Crippen MR) is 56.7 cm³/mol. The third-order valence-corrected chi connectivity index (χ3v) is 3.19. The predicted octanol–water partition coefficient (Wildman–Crippen LogP) is 2.39. The van der Waals surface area contributed by atoms with Gasteiger partial charge in [-0.05, 0) is 28.8 Å². The second-order valence-corrected chi connectivity index (χ2v) is 4.63. The molecule has 1 fully saturated rings. The van der Waals surface area contributed by atoms with Crippen molar-refractivity contribution in [2.75, 3.05) is 0 Å². The van der Waals surface area contributed by atoms with Gasteiger partial charge in [0.15, 0.2) is 0 Å². The summed E-state index contributed by atoms with van der Waals surface area (Å²) in [7, 11) is 0. The van der Waals surface area contributed by atoms with Gasteiger partial charge in [-0.25, -0.2) is 4.98 Å². The van der Waals surface area contributed by atoms with Crippen LogP contribution in [0.4, 0.5) is 0 Å². The third-order valence-electron chi connectivity index (χ3n) is 2.78. The molecule has 76 valence electrons. The fraction of sp³-hybridized carbons (Fsp3) is 0.600. The van der Waals surface area contributed by atoms with Gasteiger partial charge in [0.05, 0.1) is 18.1 Å². The normalized spacial score (nSPS) is 20.7. The van der Waals surface area contributed by atoms with Crippen molar-refractivity contribution >= 4 is 15.9 Å². The topological polar surface area (TPSA) is 46.0 Å². The summed E-state index contributed by atoms with van der Waals surface area (Å²) in [5.41, 5.74) is -0.0215. The first-order valence-corrected chi connectivity index (χ1v) is 5.70. The molecule has 0 unspecified atom stereocenters. The van der Waals surface area contributed by atoms with E-state index >= 15 is 0 Å². The Hall–Kier alpha value is -0.480. The molecule has 14 heavy (non-hydrogen) atoms. The maximum atomic E-state index is 10.3. The van der Waals surface area contributed by atoms with Gasteiger partial charge in [0.1, 0.15) is 10.2 Å². The molecule has 0 radical (unpaired) electrons. The van der Waals surface area contributed by atoms with E-state index in [9.17, 15) is 5.11 Å². The van der Waals surface area contributed by atoms with Crippen LogP contribution in [0.1, 0.15) is 37.8 Å². The zero-order valence-electron chi connectivity index (χ0n) is 7.91. The smallest absolute Gasteiger partial charge is 0.124 e. The summed E-state index contributed by atoms with van der Waals surface area (Å²) in [6.45, 7) is 0. The molecule has 0 bridgehead atoms. The zero-order valence-corrected chi connectivity index (χ0v) is 9.50. The first-order valence-electron chi connectivity index (χ1n) is 4.91. The summed E-state index contributed by atoms with van der Waals surface area (Å²) in [6, 6.07) is 0. The monoisotopic (exact) mass is 256 g/mol. The summed E-state index contributed by atoms with van der Waals surface area (Å²) in [5, 5.41) is 10.3. The second-order valence-electron chi connectivity index (χ2n) is 3.82. The largest absolute Gasteiger partial charge is 0.383 e. The Kier molecular flexibility index (Phi) is 2.83. The average molecular weight is 257 g/mol. The number of halogens is 1. The van der Waals surface area contributed by atoms with Gasteiger partial charge in [0, 0.05) is 0 Å². The van der Waals surface area contributed by atoms with Crippen molar-refractivity contribution in [3.05, 3.63) is 22.7 Å². The Morgan fingerprint density at radius 3 is 2.43 bits per heavy atom. The first-order chi connectivity index (χ1) is 6.71. The summed E-state index contributed by atoms with van der Waals surface area (Å²) in [5.74, 6) is 0. The summed E-state index contributed by atoms with van der Waals surface area (Å²) in [4.78, 5) is 8.31. The van der Waals surface area contributed by atoms with Crippen LogP contribution in [0.2, 0.25) is 0 Å². The van der Waals surface area contributed by atoms with E-state index in [0.717, 1.165) is 25.7 Å². The van der Waals surface area contributed by atoms with E-state index in [2.05, 4.69) is 25.9 Å². The Labute approximate surface area is 91.7 Å². The number of hydrogen-bond acceptors (Lipinski definition) is 3. The van der Waals surface area contributed by atoms with Crippen LogP contribution in [0.15, 0.2) is 17.0 Å². The van der Waals surface area contributed by atoms with Crippen molar-refractivity contribution in [1.29, 1.82) is 0 Å². The number of nitrogens with zero attached hydrogens (tertiary/aromatic N) is 2. The van der Waals surface area contributed by atoms with E-state index in [0.29, 0.717) is 10.3 Å². The maximum absolute atomic E-state index is 10.3.